The number of Topliss-reactive ketones (excluding diaryl/α,β-unsaturated/α-hetero) is 3. The van der Waals surface area contributed by atoms with Crippen LogP contribution < -0.4 is 21.7 Å². The number of aromatic nitrogens is 13. The summed E-state index contributed by atoms with van der Waals surface area (Å²) in [5.74, 6) is -8.20. The molecule has 2 amide bonds. The summed E-state index contributed by atoms with van der Waals surface area (Å²) in [6.45, 7) is 20.8. The average molecular weight is 1840 g/mol. The molecule has 8 N–H and O–H groups in total. The number of nitrogens with two attached hydrogens (primary N) is 2. The van der Waals surface area contributed by atoms with Crippen molar-refractivity contribution in [3.63, 3.8) is 0 Å². The number of cyclic esters (lactones) is 1. The third kappa shape index (κ3) is 26.2. The number of hydrogen-bond acceptors (Lipinski definition) is 32. The van der Waals surface area contributed by atoms with Gasteiger partial charge in [-0.1, -0.05) is 99.7 Å². The quantitative estimate of drug-likeness (QED) is 0.00989. The van der Waals surface area contributed by atoms with Crippen molar-refractivity contribution in [1.82, 2.24) is 79.8 Å². The number of fused-ring (bicyclic) bond motifs is 5. The molecule has 10 heterocycles. The van der Waals surface area contributed by atoms with Crippen LogP contribution in [0.5, 0.6) is 0 Å². The fourth-order valence-electron chi connectivity index (χ4n) is 18.5. The number of amides is 2. The van der Waals surface area contributed by atoms with Gasteiger partial charge in [-0.15, -0.1) is 10.2 Å². The molecule has 1 unspecified atom stereocenters. The Bertz CT molecular complexity index is 5330. The number of esters is 1. The number of nitrogens with zero attached hydrogens (tertiary/aromatic N) is 16. The van der Waals surface area contributed by atoms with E-state index in [9.17, 15) is 44.1 Å². The zero-order chi connectivity index (χ0) is 94.2. The number of aliphatic hydroxyl groups excluding tert-OH is 2. The number of carbonyl (C=O) groups is 6. The van der Waals surface area contributed by atoms with Gasteiger partial charge in [-0.25, -0.2) is 38.8 Å². The number of allylic oxidation sites excluding steroid dienone is 6. The number of aliphatic hydroxyl groups is 3. The predicted octanol–water partition coefficient (Wildman–Crippen LogP) is 9.20. The van der Waals surface area contributed by atoms with Crippen LogP contribution in [0.3, 0.4) is 0 Å². The fraction of sp³-hybridized carbons (Fsp3) is 0.583. The molecule has 4 aliphatic heterocycles. The maximum Gasteiger partial charge on any atom is 0.329 e. The molecule has 37 nitrogen and oxygen atoms in total. The standard InChI is InChI=1S/C96H131N19O18/c1-60-18-11-10-12-19-61(2)80(125-8)52-73-26-23-66(7)96(124,133-73)89(121)92(122)113-31-15-13-22-76(113)93(123)131-81(53-78(116)62(3)47-65(6)87(119)88(120)86(118)64(5)46-60)63(4)48-67-24-27-75(82(49-67)126-9)115-77(56-104-108-115)69-21-17-20-68(50-69)71-54-100-95(101-55-71)111-35-33-110(34-36-111)57-72-58-112(109-106-72)37-39-128-41-43-130-45-44-129-42-40-127-38-29-83(117)99-30-14-16-32-114-91-84(90(97)102-59-103-91)85(107-114)70-25-28-79-74(51-70)105-94(98)132-79/h10-12,17-21,25,28,47,50-51,54-56,58-60,62-64,66-67,73,75-76,80-82,87-88,119-120,124H,13-16,22-24,26-27,29-46,48-49,52-53,57H2,1-9H3,(H2,98,105)(H,99,117)(H2,97,102,103)/b12-10?,18-11+,61-19?,65-47+/t60-,62-,63-,64-,66-,67+,73+,75+,76+,80+,81?,82-,87-,88+,96-/m1/s1. The van der Waals surface area contributed by atoms with Crippen LogP contribution in [0.2, 0.25) is 0 Å². The topological polar surface area (TPSA) is 468 Å². The Labute approximate surface area is 775 Å². The molecule has 2 aromatic carbocycles. The summed E-state index contributed by atoms with van der Waals surface area (Å²) in [5, 5.41) is 61.3. The SMILES string of the molecule is CO[C@H]1C[C@@H]2CC[C@@H](C)[C@@](O)(O2)C(=O)C(=O)N2CCCC[C@H]2C(=O)OC([C@H](C)C[C@@H]2CC[C@H](n3nncc3-c3cccc(-c4cnc(N5CCN(Cc6cn(CCOCCOCCOCCOCCC(=O)NCCCCn7nc(-c8ccc9oc(N)nc9c8)c8c(N)ncnc87)nn6)CC5)nc4)c3)[C@H](OC)C2)CC(=O)[C@H](C)/C=C(\C)[C@@H](O)[C@@H](O)C(=O)[C@H](C)C[C@H](C)/C=C/C=CC=C1C. The van der Waals surface area contributed by atoms with Crippen molar-refractivity contribution in [2.45, 2.75) is 219 Å². The first-order valence-electron chi connectivity index (χ1n) is 46.8. The third-order valence-corrected chi connectivity index (χ3v) is 26.3. The second kappa shape index (κ2) is 47.9. The lowest BCUT2D eigenvalue weighted by molar-refractivity contribution is -0.265. The second-order valence-corrected chi connectivity index (χ2v) is 36.1. The summed E-state index contributed by atoms with van der Waals surface area (Å²) in [7, 11) is 3.25. The van der Waals surface area contributed by atoms with Gasteiger partial charge in [0.25, 0.3) is 17.7 Å². The number of unbranched alkanes of at least 4 members (excludes halogenated alkanes) is 1. The minimum atomic E-state index is -2.49. The molecule has 5 aliphatic rings. The lowest BCUT2D eigenvalue weighted by Gasteiger charge is -2.42. The number of ketones is 3. The van der Waals surface area contributed by atoms with Crippen molar-refractivity contribution in [2.24, 2.45) is 35.5 Å². The van der Waals surface area contributed by atoms with E-state index in [1.165, 1.54) is 17.3 Å². The Kier molecular flexibility index (Phi) is 35.9. The van der Waals surface area contributed by atoms with E-state index in [1.807, 2.05) is 105 Å². The Balaban J connectivity index is 0.527. The van der Waals surface area contributed by atoms with Gasteiger partial charge in [0.2, 0.25) is 17.6 Å². The van der Waals surface area contributed by atoms with E-state index in [4.69, 9.17) is 68.8 Å². The Morgan fingerprint density at radius 1 is 0.737 bits per heavy atom. The minimum Gasteiger partial charge on any atom is -0.460 e. The first kappa shape index (κ1) is 99.6. The number of piperidine rings is 1. The monoisotopic (exact) mass is 1840 g/mol. The highest BCUT2D eigenvalue weighted by Crippen LogP contribution is 2.43. The molecule has 0 spiro atoms. The van der Waals surface area contributed by atoms with E-state index in [2.05, 4.69) is 56.8 Å². The van der Waals surface area contributed by atoms with Crippen molar-refractivity contribution in [2.75, 3.05) is 123 Å². The maximum absolute atomic E-state index is 14.9. The number of piperazine rings is 1. The maximum atomic E-state index is 14.9. The number of rotatable bonds is 32. The third-order valence-electron chi connectivity index (χ3n) is 26.3. The smallest absolute Gasteiger partial charge is 0.329 e. The van der Waals surface area contributed by atoms with E-state index in [0.717, 1.165) is 84.7 Å². The number of carbonyl (C=O) groups excluding carboxylic acids is 6. The minimum absolute atomic E-state index is 0.0233. The van der Waals surface area contributed by atoms with Crippen LogP contribution in [0.1, 0.15) is 157 Å². The van der Waals surface area contributed by atoms with Crippen molar-refractivity contribution in [3.8, 4) is 33.6 Å². The van der Waals surface area contributed by atoms with Crippen molar-refractivity contribution < 1.29 is 86.4 Å². The molecule has 2 bridgehead atoms. The fourth-order valence-corrected chi connectivity index (χ4v) is 18.5. The molecule has 37 heteroatoms. The lowest BCUT2D eigenvalue weighted by atomic mass is 9.77. The van der Waals surface area contributed by atoms with Crippen molar-refractivity contribution in [3.05, 3.63) is 127 Å². The number of benzene rings is 2. The van der Waals surface area contributed by atoms with Crippen LogP contribution in [0.4, 0.5) is 17.8 Å². The van der Waals surface area contributed by atoms with Gasteiger partial charge >= 0.3 is 5.97 Å². The van der Waals surface area contributed by atoms with Crippen LogP contribution in [0.15, 0.2) is 126 Å². The van der Waals surface area contributed by atoms with Gasteiger partial charge < -0.3 is 84.2 Å². The highest BCUT2D eigenvalue weighted by molar-refractivity contribution is 6.39. The molecular formula is C96H131N19O18. The number of methoxy groups -OCH3 is 2. The molecular weight excluding hydrogens is 1710 g/mol. The Morgan fingerprint density at radius 2 is 1.49 bits per heavy atom. The average Bonchev–Trinajstić information content (AvgIpc) is 1.62. The molecule has 133 heavy (non-hydrogen) atoms. The molecule has 1 saturated carbocycles. The van der Waals surface area contributed by atoms with Crippen LogP contribution in [-0.2, 0) is 86.3 Å². The molecule has 3 saturated heterocycles. The number of aryl methyl sites for hydroxylation is 1. The molecule has 1 aliphatic carbocycles. The van der Waals surface area contributed by atoms with Gasteiger partial charge in [0, 0.05) is 139 Å². The Morgan fingerprint density at radius 3 is 2.25 bits per heavy atom. The molecule has 15 atom stereocenters. The van der Waals surface area contributed by atoms with Gasteiger partial charge in [-0.05, 0) is 150 Å². The summed E-state index contributed by atoms with van der Waals surface area (Å²) in [6, 6.07) is 12.3. The highest BCUT2D eigenvalue weighted by atomic mass is 16.6. The Hall–Kier alpha value is -10.8. The van der Waals surface area contributed by atoms with E-state index >= 15 is 0 Å². The number of oxazole rings is 1. The van der Waals surface area contributed by atoms with E-state index < -0.39 is 89.5 Å². The number of nitrogen functional groups attached to an aromatic ring is 2. The number of hydrogen-bond donors (Lipinski definition) is 6. The van der Waals surface area contributed by atoms with Gasteiger partial charge in [-0.3, -0.25) is 28.9 Å². The van der Waals surface area contributed by atoms with E-state index in [-0.39, 0.29) is 86.1 Å². The van der Waals surface area contributed by atoms with Crippen LogP contribution in [0.25, 0.3) is 55.8 Å². The lowest BCUT2D eigenvalue weighted by Crippen LogP contribution is -2.61. The van der Waals surface area contributed by atoms with Gasteiger partial charge in [-0.2, -0.15) is 10.1 Å². The molecule has 718 valence electrons. The second-order valence-electron chi connectivity index (χ2n) is 36.1. The van der Waals surface area contributed by atoms with Crippen LogP contribution in [-0.4, -0.2) is 280 Å². The molecule has 4 fully saturated rings. The van der Waals surface area contributed by atoms with Gasteiger partial charge in [0.1, 0.15) is 53.5 Å². The highest BCUT2D eigenvalue weighted by Gasteiger charge is 2.53. The summed E-state index contributed by atoms with van der Waals surface area (Å²) in [5.41, 5.74) is 20.6. The van der Waals surface area contributed by atoms with Crippen molar-refractivity contribution >= 4 is 75.0 Å². The summed E-state index contributed by atoms with van der Waals surface area (Å²) in [6.07, 6.45) is 20.6. The van der Waals surface area contributed by atoms with Gasteiger partial charge in [0.15, 0.2) is 17.0 Å². The predicted molar refractivity (Wildman–Crippen MR) is 495 cm³/mol. The summed E-state index contributed by atoms with van der Waals surface area (Å²) < 4.78 is 58.7. The number of nitrogens with one attached hydrogen (secondary N) is 1. The van der Waals surface area contributed by atoms with Crippen molar-refractivity contribution in [1.29, 1.82) is 0 Å². The first-order chi connectivity index (χ1) is 64.2. The largest absolute Gasteiger partial charge is 0.460 e. The molecule has 6 aromatic heterocycles. The van der Waals surface area contributed by atoms with Gasteiger partial charge in [0.05, 0.1) is 107 Å². The number of ether oxygens (including phenoxy) is 8. The molecule has 8 aromatic rings. The van der Waals surface area contributed by atoms with E-state index in [1.54, 1.807) is 63.5 Å². The molecule has 13 rings (SSSR count). The van der Waals surface area contributed by atoms with E-state index in [0.29, 0.717) is 163 Å². The first-order valence-corrected chi connectivity index (χ1v) is 46.8. The van der Waals surface area contributed by atoms with Crippen LogP contribution >= 0.6 is 0 Å². The number of anilines is 3. The summed E-state index contributed by atoms with van der Waals surface area (Å²) >= 11 is 0. The zero-order valence-corrected chi connectivity index (χ0v) is 77.9. The zero-order valence-electron chi connectivity index (χ0n) is 77.9. The van der Waals surface area contributed by atoms with Crippen LogP contribution in [0, 0.1) is 35.5 Å². The summed E-state index contributed by atoms with van der Waals surface area (Å²) in [4.78, 5) is 113. The molecule has 0 radical (unpaired) electrons. The normalized spacial score (nSPS) is 26.0.